The molecule has 0 bridgehead atoms. The van der Waals surface area contributed by atoms with Crippen LogP contribution in [0.25, 0.3) is 6.08 Å². The quantitative estimate of drug-likeness (QED) is 0.365. The lowest BCUT2D eigenvalue weighted by molar-refractivity contribution is -0.140. The highest BCUT2D eigenvalue weighted by Crippen LogP contribution is 2.34. The third-order valence-electron chi connectivity index (χ3n) is 5.24. The minimum atomic E-state index is -0.877. The molecule has 176 valence electrons. The van der Waals surface area contributed by atoms with Crippen molar-refractivity contribution in [3.05, 3.63) is 100 Å². The van der Waals surface area contributed by atoms with E-state index in [1.807, 2.05) is 0 Å². The van der Waals surface area contributed by atoms with Crippen molar-refractivity contribution in [1.29, 1.82) is 0 Å². The van der Waals surface area contributed by atoms with Crippen LogP contribution >= 0.6 is 34.5 Å². The molecule has 0 fully saturated rings. The summed E-state index contributed by atoms with van der Waals surface area (Å²) >= 11 is 13.7. The molecule has 0 spiro atoms. The van der Waals surface area contributed by atoms with Crippen LogP contribution in [-0.4, -0.2) is 30.9 Å². The van der Waals surface area contributed by atoms with Crippen molar-refractivity contribution in [3.8, 4) is 0 Å². The van der Waals surface area contributed by atoms with Crippen molar-refractivity contribution in [2.24, 2.45) is 4.99 Å². The first-order valence-corrected chi connectivity index (χ1v) is 11.8. The number of carbonyl (C=O) groups excluding carboxylic acids is 1. The van der Waals surface area contributed by atoms with Gasteiger partial charge < -0.3 is 9.47 Å². The van der Waals surface area contributed by atoms with E-state index in [-0.39, 0.29) is 33.9 Å². The largest absolute Gasteiger partial charge is 0.460 e. The standard InChI is InChI=1S/C24H19Cl2FN2O4S/c1-13-20(23(31)33-11-10-32-2)21(14-6-3-4-7-16(14)25)29-22(30)19(34-24(29)28-13)12-15-17(26)8-5-9-18(15)27/h3-9,12,21H,10-11H2,1-2H3. The SMILES string of the molecule is COCCOC(=O)C1=C(C)N=c2sc(=Cc3c(F)cccc3Cl)c(=O)n2C1c1ccccc1Cl. The van der Waals surface area contributed by atoms with E-state index >= 15 is 0 Å². The summed E-state index contributed by atoms with van der Waals surface area (Å²) in [7, 11) is 1.50. The Kier molecular flexibility index (Phi) is 7.33. The smallest absolute Gasteiger partial charge is 0.338 e. The first-order chi connectivity index (χ1) is 16.3. The number of nitrogens with zero attached hydrogens (tertiary/aromatic N) is 2. The fourth-order valence-corrected chi connectivity index (χ4v) is 5.13. The van der Waals surface area contributed by atoms with Gasteiger partial charge in [-0.1, -0.05) is 58.8 Å². The first-order valence-electron chi connectivity index (χ1n) is 10.2. The van der Waals surface area contributed by atoms with Gasteiger partial charge in [0.05, 0.1) is 27.4 Å². The summed E-state index contributed by atoms with van der Waals surface area (Å²) in [5.74, 6) is -1.19. The molecule has 3 aromatic rings. The predicted molar refractivity (Wildman–Crippen MR) is 129 cm³/mol. The number of allylic oxidation sites excluding steroid dienone is 1. The van der Waals surface area contributed by atoms with Gasteiger partial charge in [-0.25, -0.2) is 14.2 Å². The molecule has 1 aliphatic rings. The summed E-state index contributed by atoms with van der Waals surface area (Å²) in [6.45, 7) is 1.93. The van der Waals surface area contributed by atoms with Crippen LogP contribution in [0.5, 0.6) is 0 Å². The summed E-state index contributed by atoms with van der Waals surface area (Å²) < 4.78 is 26.3. The molecule has 0 N–H and O–H groups in total. The molecule has 0 radical (unpaired) electrons. The number of carbonyl (C=O) groups is 1. The minimum absolute atomic E-state index is 0.0392. The monoisotopic (exact) mass is 520 g/mol. The zero-order chi connectivity index (χ0) is 24.4. The summed E-state index contributed by atoms with van der Waals surface area (Å²) in [5, 5.41) is 0.545. The number of methoxy groups -OCH3 is 1. The second-order valence-corrected chi connectivity index (χ2v) is 9.19. The lowest BCUT2D eigenvalue weighted by atomic mass is 9.96. The molecule has 0 aliphatic carbocycles. The Morgan fingerprint density at radius 2 is 1.91 bits per heavy atom. The van der Waals surface area contributed by atoms with Crippen molar-refractivity contribution >= 4 is 46.6 Å². The molecule has 4 rings (SSSR count). The van der Waals surface area contributed by atoms with Gasteiger partial charge in [0.2, 0.25) is 0 Å². The van der Waals surface area contributed by atoms with E-state index in [4.69, 9.17) is 32.7 Å². The number of thiazole rings is 1. The second-order valence-electron chi connectivity index (χ2n) is 7.37. The molecule has 1 atom stereocenters. The van der Waals surface area contributed by atoms with E-state index in [2.05, 4.69) is 4.99 Å². The predicted octanol–water partition coefficient (Wildman–Crippen LogP) is 3.87. The first kappa shape index (κ1) is 24.3. The van der Waals surface area contributed by atoms with Gasteiger partial charge in [0.25, 0.3) is 5.56 Å². The highest BCUT2D eigenvalue weighted by Gasteiger charge is 2.34. The van der Waals surface area contributed by atoms with Crippen molar-refractivity contribution < 1.29 is 18.7 Å². The van der Waals surface area contributed by atoms with Crippen LogP contribution in [0.4, 0.5) is 4.39 Å². The molecule has 10 heteroatoms. The molecule has 2 aromatic carbocycles. The van der Waals surface area contributed by atoms with E-state index in [9.17, 15) is 14.0 Å². The number of halogens is 3. The average Bonchev–Trinajstić information content (AvgIpc) is 3.10. The highest BCUT2D eigenvalue weighted by molar-refractivity contribution is 7.07. The number of hydrogen-bond acceptors (Lipinski definition) is 6. The molecule has 6 nitrogen and oxygen atoms in total. The Bertz CT molecular complexity index is 1460. The van der Waals surface area contributed by atoms with Gasteiger partial charge in [-0.3, -0.25) is 9.36 Å². The van der Waals surface area contributed by atoms with Crippen LogP contribution in [0, 0.1) is 5.82 Å². The van der Waals surface area contributed by atoms with Crippen molar-refractivity contribution in [3.63, 3.8) is 0 Å². The summed E-state index contributed by atoms with van der Waals surface area (Å²) in [6.07, 6.45) is 1.39. The van der Waals surface area contributed by atoms with Gasteiger partial charge in [-0.2, -0.15) is 0 Å². The van der Waals surface area contributed by atoms with Crippen LogP contribution < -0.4 is 14.9 Å². The van der Waals surface area contributed by atoms with Gasteiger partial charge in [-0.05, 0) is 36.8 Å². The Morgan fingerprint density at radius 3 is 2.62 bits per heavy atom. The fourth-order valence-electron chi connectivity index (χ4n) is 3.65. The van der Waals surface area contributed by atoms with E-state index in [1.165, 1.54) is 29.9 Å². The number of esters is 1. The number of ether oxygens (including phenoxy) is 2. The molecule has 1 aromatic heterocycles. The molecular formula is C24H19Cl2FN2O4S. The van der Waals surface area contributed by atoms with Crippen LogP contribution in [0.2, 0.25) is 10.0 Å². The van der Waals surface area contributed by atoms with Gasteiger partial charge in [-0.15, -0.1) is 0 Å². The van der Waals surface area contributed by atoms with Gasteiger partial charge in [0.1, 0.15) is 18.5 Å². The Labute approximate surface area is 208 Å². The van der Waals surface area contributed by atoms with Crippen molar-refractivity contribution in [1.82, 2.24) is 4.57 Å². The van der Waals surface area contributed by atoms with E-state index in [0.717, 1.165) is 11.3 Å². The van der Waals surface area contributed by atoms with Gasteiger partial charge >= 0.3 is 5.97 Å². The Morgan fingerprint density at radius 1 is 1.18 bits per heavy atom. The zero-order valence-corrected chi connectivity index (χ0v) is 20.5. The van der Waals surface area contributed by atoms with Gasteiger partial charge in [0.15, 0.2) is 4.80 Å². The second kappa shape index (κ2) is 10.2. The molecule has 0 saturated heterocycles. The number of fused-ring (bicyclic) bond motifs is 1. The third kappa shape index (κ3) is 4.59. The fraction of sp³-hybridized carbons (Fsp3) is 0.208. The van der Waals surface area contributed by atoms with Gasteiger partial charge in [0, 0.05) is 17.7 Å². The van der Waals surface area contributed by atoms with E-state index < -0.39 is 23.4 Å². The third-order valence-corrected chi connectivity index (χ3v) is 6.89. The minimum Gasteiger partial charge on any atom is -0.460 e. The highest BCUT2D eigenvalue weighted by atomic mass is 35.5. The zero-order valence-electron chi connectivity index (χ0n) is 18.2. The normalized spacial score (nSPS) is 15.8. The van der Waals surface area contributed by atoms with Crippen LogP contribution in [0.1, 0.15) is 24.1 Å². The maximum absolute atomic E-state index is 14.4. The van der Waals surface area contributed by atoms with E-state index in [0.29, 0.717) is 21.1 Å². The maximum atomic E-state index is 14.4. The number of hydrogen-bond donors (Lipinski definition) is 0. The molecule has 2 heterocycles. The average molecular weight is 521 g/mol. The summed E-state index contributed by atoms with van der Waals surface area (Å²) in [4.78, 5) is 31.4. The number of aromatic nitrogens is 1. The molecule has 1 aliphatic heterocycles. The van der Waals surface area contributed by atoms with Crippen molar-refractivity contribution in [2.75, 3.05) is 20.3 Å². The molecule has 1 unspecified atom stereocenters. The maximum Gasteiger partial charge on any atom is 0.338 e. The van der Waals surface area contributed by atoms with Crippen molar-refractivity contribution in [2.45, 2.75) is 13.0 Å². The van der Waals surface area contributed by atoms with E-state index in [1.54, 1.807) is 37.3 Å². The lowest BCUT2D eigenvalue weighted by Gasteiger charge is -2.25. The molecular weight excluding hydrogens is 502 g/mol. The summed E-state index contributed by atoms with van der Waals surface area (Å²) in [5.41, 5.74) is 0.756. The van der Waals surface area contributed by atoms with Crippen LogP contribution in [-0.2, 0) is 14.3 Å². The van der Waals surface area contributed by atoms with Crippen LogP contribution in [0.3, 0.4) is 0 Å². The summed E-state index contributed by atoms with van der Waals surface area (Å²) in [6, 6.07) is 10.3. The number of rotatable bonds is 6. The molecule has 34 heavy (non-hydrogen) atoms. The Balaban J connectivity index is 1.94. The molecule has 0 saturated carbocycles. The molecule has 0 amide bonds. The lowest BCUT2D eigenvalue weighted by Crippen LogP contribution is -2.40. The Hall–Kier alpha value is -2.78. The number of benzene rings is 2. The van der Waals surface area contributed by atoms with Crippen LogP contribution in [0.15, 0.2) is 63.5 Å². The topological polar surface area (TPSA) is 69.9 Å².